The number of Topliss-reactive ketones (excluding diaryl/α,β-unsaturated/α-hetero) is 1. The summed E-state index contributed by atoms with van der Waals surface area (Å²) < 4.78 is 5.50. The van der Waals surface area contributed by atoms with E-state index in [1.54, 1.807) is 0 Å². The standard InChI is InChI=1S/C43H51N5O6/c1-5-12-33(36(49)39(51)45-32-21-22-32)46-38(50)35-24-43(23-34(44-26-43)31-19-17-30(18-20-31)29-15-10-7-11-16-29)27-48(35)40(52)37(42(2,3)4)47-41(53)54-25-28-13-8-6-9-14-28/h6-11,13-20,32-33,35,37H,5,12,21-27H2,1-4H3,(H,45,51)(H,46,50)(H,47,53)/t33-,35-,37+,43-/m0/s1. The van der Waals surface area contributed by atoms with Crippen molar-refractivity contribution in [1.29, 1.82) is 0 Å². The minimum atomic E-state index is -1.03. The number of likely N-dealkylation sites (tertiary alicyclic amines) is 1. The van der Waals surface area contributed by atoms with E-state index in [0.717, 1.165) is 40.8 Å². The van der Waals surface area contributed by atoms with Crippen LogP contribution in [0.2, 0.25) is 0 Å². The van der Waals surface area contributed by atoms with E-state index in [9.17, 15) is 24.0 Å². The van der Waals surface area contributed by atoms with E-state index in [2.05, 4.69) is 52.3 Å². The van der Waals surface area contributed by atoms with Crippen molar-refractivity contribution >= 4 is 35.3 Å². The minimum absolute atomic E-state index is 0.00505. The highest BCUT2D eigenvalue weighted by Crippen LogP contribution is 2.44. The molecule has 4 atom stereocenters. The fraction of sp³-hybridized carbons (Fsp3) is 0.442. The van der Waals surface area contributed by atoms with Gasteiger partial charge in [0.05, 0.1) is 6.04 Å². The summed E-state index contributed by atoms with van der Waals surface area (Å²) in [6.45, 7) is 8.08. The third kappa shape index (κ3) is 9.24. The first-order chi connectivity index (χ1) is 25.9. The average Bonchev–Trinajstić information content (AvgIpc) is 3.77. The zero-order chi connectivity index (χ0) is 38.5. The van der Waals surface area contributed by atoms with Gasteiger partial charge in [0.25, 0.3) is 5.91 Å². The molecule has 1 spiro atoms. The van der Waals surface area contributed by atoms with Crippen LogP contribution in [0.3, 0.4) is 0 Å². The van der Waals surface area contributed by atoms with Gasteiger partial charge in [-0.1, -0.05) is 119 Å². The van der Waals surface area contributed by atoms with Gasteiger partial charge in [0.2, 0.25) is 17.6 Å². The first kappa shape index (κ1) is 38.4. The summed E-state index contributed by atoms with van der Waals surface area (Å²) in [6.07, 6.45) is 2.59. The molecule has 0 radical (unpaired) electrons. The van der Waals surface area contributed by atoms with Crippen LogP contribution in [-0.2, 0) is 30.5 Å². The van der Waals surface area contributed by atoms with Gasteiger partial charge in [-0.25, -0.2) is 4.79 Å². The van der Waals surface area contributed by atoms with Crippen LogP contribution in [0.25, 0.3) is 11.1 Å². The van der Waals surface area contributed by atoms with Crippen molar-refractivity contribution in [2.24, 2.45) is 15.8 Å². The Balaban J connectivity index is 1.23. The Kier molecular flexibility index (Phi) is 11.6. The minimum Gasteiger partial charge on any atom is -0.445 e. The van der Waals surface area contributed by atoms with Gasteiger partial charge in [0.1, 0.15) is 18.7 Å². The van der Waals surface area contributed by atoms with Crippen molar-refractivity contribution < 1.29 is 28.7 Å². The van der Waals surface area contributed by atoms with Crippen LogP contribution in [0.1, 0.15) is 77.3 Å². The van der Waals surface area contributed by atoms with Gasteiger partial charge >= 0.3 is 6.09 Å². The summed E-state index contributed by atoms with van der Waals surface area (Å²) in [6, 6.07) is 24.6. The molecular weight excluding hydrogens is 683 g/mol. The molecule has 0 unspecified atom stereocenters. The number of carbonyl (C=O) groups excluding carboxylic acids is 5. The molecule has 0 aromatic heterocycles. The molecule has 1 saturated carbocycles. The maximum atomic E-state index is 14.7. The zero-order valence-electron chi connectivity index (χ0n) is 31.6. The molecule has 11 nitrogen and oxygen atoms in total. The van der Waals surface area contributed by atoms with Crippen molar-refractivity contribution in [3.05, 3.63) is 96.1 Å². The van der Waals surface area contributed by atoms with Gasteiger partial charge in [-0.3, -0.25) is 24.2 Å². The molecular formula is C43H51N5O6. The quantitative estimate of drug-likeness (QED) is 0.195. The van der Waals surface area contributed by atoms with Gasteiger partial charge in [-0.15, -0.1) is 0 Å². The lowest BCUT2D eigenvalue weighted by Gasteiger charge is -2.35. The van der Waals surface area contributed by atoms with Crippen LogP contribution in [-0.4, -0.2) is 77.5 Å². The number of ether oxygens (including phenoxy) is 1. The Morgan fingerprint density at radius 2 is 1.50 bits per heavy atom. The summed E-state index contributed by atoms with van der Waals surface area (Å²) in [5, 5.41) is 8.38. The van der Waals surface area contributed by atoms with Gasteiger partial charge in [-0.2, -0.15) is 0 Å². The molecule has 54 heavy (non-hydrogen) atoms. The molecule has 1 aliphatic carbocycles. The molecule has 4 amide bonds. The highest BCUT2D eigenvalue weighted by molar-refractivity contribution is 6.38. The van der Waals surface area contributed by atoms with E-state index in [0.29, 0.717) is 25.8 Å². The fourth-order valence-corrected chi connectivity index (χ4v) is 7.34. The number of hydrogen-bond acceptors (Lipinski definition) is 7. The van der Waals surface area contributed by atoms with Crippen LogP contribution >= 0.6 is 0 Å². The zero-order valence-corrected chi connectivity index (χ0v) is 31.6. The number of nitrogens with zero attached hydrogens (tertiary/aromatic N) is 2. The topological polar surface area (TPSA) is 146 Å². The summed E-state index contributed by atoms with van der Waals surface area (Å²) in [5.41, 5.74) is 3.58. The predicted molar refractivity (Wildman–Crippen MR) is 206 cm³/mol. The highest BCUT2D eigenvalue weighted by Gasteiger charge is 2.53. The Bertz CT molecular complexity index is 1870. The lowest BCUT2D eigenvalue weighted by molar-refractivity contribution is -0.144. The normalized spacial score (nSPS) is 20.5. The van der Waals surface area contributed by atoms with Gasteiger partial charge in [-0.05, 0) is 59.8 Å². The second-order valence-corrected chi connectivity index (χ2v) is 16.0. The number of amides is 4. The Hall–Kier alpha value is -5.32. The van der Waals surface area contributed by atoms with E-state index in [1.165, 1.54) is 4.90 Å². The van der Waals surface area contributed by atoms with E-state index in [-0.39, 0.29) is 25.6 Å². The van der Waals surface area contributed by atoms with Crippen molar-refractivity contribution in [2.75, 3.05) is 13.1 Å². The molecule has 6 rings (SSSR count). The number of alkyl carbamates (subject to hydrolysis) is 1. The van der Waals surface area contributed by atoms with Crippen molar-refractivity contribution in [3.8, 4) is 11.1 Å². The summed E-state index contributed by atoms with van der Waals surface area (Å²) in [7, 11) is 0. The summed E-state index contributed by atoms with van der Waals surface area (Å²) >= 11 is 0. The van der Waals surface area contributed by atoms with Gasteiger partial charge < -0.3 is 25.6 Å². The maximum Gasteiger partial charge on any atom is 0.408 e. The van der Waals surface area contributed by atoms with Crippen molar-refractivity contribution in [2.45, 2.75) is 97.0 Å². The number of nitrogens with one attached hydrogen (secondary N) is 3. The molecule has 2 aliphatic heterocycles. The monoisotopic (exact) mass is 733 g/mol. The largest absolute Gasteiger partial charge is 0.445 e. The first-order valence-corrected chi connectivity index (χ1v) is 19.0. The van der Waals surface area contributed by atoms with Crippen LogP contribution in [0.4, 0.5) is 4.79 Å². The van der Waals surface area contributed by atoms with Gasteiger partial charge in [0, 0.05) is 30.3 Å². The molecule has 2 heterocycles. The molecule has 11 heteroatoms. The molecule has 3 N–H and O–H groups in total. The third-order valence-electron chi connectivity index (χ3n) is 10.5. The lowest BCUT2D eigenvalue weighted by atomic mass is 9.81. The van der Waals surface area contributed by atoms with Crippen LogP contribution in [0, 0.1) is 10.8 Å². The number of carbonyl (C=O) groups is 5. The SMILES string of the molecule is CCC[C@H](NC(=O)[C@@H]1C[C@@]2(CN=C(c3ccc(-c4ccccc4)cc3)C2)CN1C(=O)[C@@H](NC(=O)OCc1ccccc1)C(C)(C)C)C(=O)C(=O)NC1CC1. The Labute approximate surface area is 317 Å². The Morgan fingerprint density at radius 3 is 2.13 bits per heavy atom. The molecule has 3 aliphatic rings. The number of ketones is 1. The van der Waals surface area contributed by atoms with Crippen LogP contribution in [0.5, 0.6) is 0 Å². The molecule has 3 aromatic rings. The molecule has 2 fully saturated rings. The van der Waals surface area contributed by atoms with E-state index in [4.69, 9.17) is 9.73 Å². The van der Waals surface area contributed by atoms with Crippen molar-refractivity contribution in [1.82, 2.24) is 20.9 Å². The predicted octanol–water partition coefficient (Wildman–Crippen LogP) is 5.61. The Morgan fingerprint density at radius 1 is 0.870 bits per heavy atom. The van der Waals surface area contributed by atoms with Crippen molar-refractivity contribution in [3.63, 3.8) is 0 Å². The summed E-state index contributed by atoms with van der Waals surface area (Å²) in [4.78, 5) is 74.6. The molecule has 284 valence electrons. The number of rotatable bonds is 13. The van der Waals surface area contributed by atoms with E-state index >= 15 is 0 Å². The number of hydrogen-bond donors (Lipinski definition) is 3. The smallest absolute Gasteiger partial charge is 0.408 e. The van der Waals surface area contributed by atoms with E-state index in [1.807, 2.05) is 76.2 Å². The first-order valence-electron chi connectivity index (χ1n) is 19.0. The molecule has 0 bridgehead atoms. The number of aliphatic imine (C=N–C) groups is 1. The lowest BCUT2D eigenvalue weighted by Crippen LogP contribution is -2.59. The summed E-state index contributed by atoms with van der Waals surface area (Å²) in [5.74, 6) is -2.33. The van der Waals surface area contributed by atoms with Crippen LogP contribution < -0.4 is 16.0 Å². The van der Waals surface area contributed by atoms with Crippen LogP contribution in [0.15, 0.2) is 89.9 Å². The second-order valence-electron chi connectivity index (χ2n) is 16.0. The number of benzene rings is 3. The van der Waals surface area contributed by atoms with Gasteiger partial charge in [0.15, 0.2) is 0 Å². The maximum absolute atomic E-state index is 14.7. The molecule has 1 saturated heterocycles. The fourth-order valence-electron chi connectivity index (χ4n) is 7.34. The second kappa shape index (κ2) is 16.4. The van der Waals surface area contributed by atoms with E-state index < -0.39 is 58.6 Å². The average molecular weight is 734 g/mol. The third-order valence-corrected chi connectivity index (χ3v) is 10.5. The highest BCUT2D eigenvalue weighted by atomic mass is 16.5. The molecule has 3 aromatic carbocycles.